The summed E-state index contributed by atoms with van der Waals surface area (Å²) in [6.07, 6.45) is 0.0620. The van der Waals surface area contributed by atoms with Gasteiger partial charge in [-0.25, -0.2) is 0 Å². The molecule has 2 aromatic carbocycles. The lowest BCUT2D eigenvalue weighted by Crippen LogP contribution is -2.49. The summed E-state index contributed by atoms with van der Waals surface area (Å²) in [6.45, 7) is 3.15. The molecule has 0 radical (unpaired) electrons. The lowest BCUT2D eigenvalue weighted by atomic mass is 9.75. The average molecular weight is 538 g/mol. The highest BCUT2D eigenvalue weighted by atomic mass is 19.4. The van der Waals surface area contributed by atoms with E-state index in [4.69, 9.17) is 4.74 Å². The number of fused-ring (bicyclic) bond motifs is 2. The molecule has 3 aliphatic heterocycles. The number of hydrogen-bond acceptors (Lipinski definition) is 5. The van der Waals surface area contributed by atoms with Gasteiger partial charge in [0.05, 0.1) is 25.3 Å². The quantitative estimate of drug-likeness (QED) is 0.468. The van der Waals surface area contributed by atoms with Gasteiger partial charge in [0.1, 0.15) is 12.2 Å². The average Bonchev–Trinajstić information content (AvgIpc) is 3.43. The molecular weight excluding hydrogens is 507 g/mol. The molecule has 1 aromatic heterocycles. The number of rotatable bonds is 6. The number of aryl methyl sites for hydroxylation is 1. The van der Waals surface area contributed by atoms with Crippen molar-refractivity contribution in [2.75, 3.05) is 31.2 Å². The van der Waals surface area contributed by atoms with E-state index in [1.165, 1.54) is 17.4 Å². The molecule has 4 heterocycles. The van der Waals surface area contributed by atoms with Gasteiger partial charge in [0.25, 0.3) is 5.91 Å². The molecule has 2 unspecified atom stereocenters. The number of ether oxygens (including phenoxy) is 1. The Morgan fingerprint density at radius 2 is 2.00 bits per heavy atom. The van der Waals surface area contributed by atoms with Gasteiger partial charge in [0.2, 0.25) is 0 Å². The predicted molar refractivity (Wildman–Crippen MR) is 137 cm³/mol. The SMILES string of the molecule is Cn1cnnc1CC1(c2cccc(N3Cc4c(cc(CN5CCC6CC6C5)cc4C(F)(F)F)C3=O)c2)COC1. The van der Waals surface area contributed by atoms with Crippen molar-refractivity contribution in [3.05, 3.63) is 76.4 Å². The van der Waals surface area contributed by atoms with E-state index in [-0.39, 0.29) is 29.0 Å². The first kappa shape index (κ1) is 24.8. The molecule has 0 bridgehead atoms. The second-order valence-corrected chi connectivity index (χ2v) is 11.7. The van der Waals surface area contributed by atoms with E-state index < -0.39 is 11.7 Å². The van der Waals surface area contributed by atoms with Crippen molar-refractivity contribution in [1.82, 2.24) is 19.7 Å². The van der Waals surface area contributed by atoms with Crippen LogP contribution < -0.4 is 4.90 Å². The van der Waals surface area contributed by atoms with Crippen molar-refractivity contribution in [3.8, 4) is 0 Å². The Balaban J connectivity index is 1.19. The van der Waals surface area contributed by atoms with Crippen molar-refractivity contribution in [1.29, 1.82) is 0 Å². The minimum Gasteiger partial charge on any atom is -0.379 e. The molecule has 7 nitrogen and oxygen atoms in total. The number of anilines is 1. The third-order valence-electron chi connectivity index (χ3n) is 9.02. The van der Waals surface area contributed by atoms with E-state index >= 15 is 0 Å². The molecule has 7 rings (SSSR count). The highest BCUT2D eigenvalue weighted by molar-refractivity contribution is 6.10. The fourth-order valence-electron chi connectivity index (χ4n) is 6.57. The summed E-state index contributed by atoms with van der Waals surface area (Å²) in [4.78, 5) is 17.3. The molecule has 1 saturated carbocycles. The first-order valence-electron chi connectivity index (χ1n) is 13.5. The molecule has 0 spiro atoms. The maximum atomic E-state index is 14.2. The zero-order chi connectivity index (χ0) is 26.9. The Labute approximate surface area is 224 Å². The Bertz CT molecular complexity index is 1450. The number of carbonyl (C=O) groups is 1. The lowest BCUT2D eigenvalue weighted by molar-refractivity contribution is -0.138. The summed E-state index contributed by atoms with van der Waals surface area (Å²) in [5.74, 6) is 1.91. The first-order valence-corrected chi connectivity index (χ1v) is 13.5. The minimum atomic E-state index is -4.54. The fourth-order valence-corrected chi connectivity index (χ4v) is 6.57. The number of carbonyl (C=O) groups excluding carboxylic acids is 1. The molecule has 204 valence electrons. The Morgan fingerprint density at radius 1 is 1.15 bits per heavy atom. The molecule has 2 atom stereocenters. The second-order valence-electron chi connectivity index (χ2n) is 11.7. The largest absolute Gasteiger partial charge is 0.416 e. The van der Waals surface area contributed by atoms with Gasteiger partial charge >= 0.3 is 6.18 Å². The summed E-state index contributed by atoms with van der Waals surface area (Å²) in [5, 5.41) is 8.19. The summed E-state index contributed by atoms with van der Waals surface area (Å²) in [6, 6.07) is 10.5. The van der Waals surface area contributed by atoms with Crippen LogP contribution in [0.5, 0.6) is 0 Å². The molecule has 2 saturated heterocycles. The van der Waals surface area contributed by atoms with Crippen molar-refractivity contribution < 1.29 is 22.7 Å². The van der Waals surface area contributed by atoms with Crippen LogP contribution in [0.15, 0.2) is 42.7 Å². The molecule has 1 amide bonds. The van der Waals surface area contributed by atoms with Crippen molar-refractivity contribution in [3.63, 3.8) is 0 Å². The Hall–Kier alpha value is -3.24. The number of nitrogens with zero attached hydrogens (tertiary/aromatic N) is 5. The van der Waals surface area contributed by atoms with E-state index in [0.717, 1.165) is 36.8 Å². The summed E-state index contributed by atoms with van der Waals surface area (Å²) >= 11 is 0. The minimum absolute atomic E-state index is 0.0586. The van der Waals surface area contributed by atoms with Gasteiger partial charge in [-0.3, -0.25) is 9.69 Å². The number of likely N-dealkylation sites (tertiary alicyclic amines) is 1. The fraction of sp³-hybridized carbons (Fsp3) is 0.483. The monoisotopic (exact) mass is 537 g/mol. The highest BCUT2D eigenvalue weighted by Gasteiger charge is 2.44. The number of alkyl halides is 3. The van der Waals surface area contributed by atoms with Crippen molar-refractivity contribution in [2.24, 2.45) is 18.9 Å². The molecule has 39 heavy (non-hydrogen) atoms. The third kappa shape index (κ3) is 4.34. The summed E-state index contributed by atoms with van der Waals surface area (Å²) in [7, 11) is 1.89. The highest BCUT2D eigenvalue weighted by Crippen LogP contribution is 2.46. The molecule has 10 heteroatoms. The maximum Gasteiger partial charge on any atom is 0.416 e. The summed E-state index contributed by atoms with van der Waals surface area (Å²) < 4.78 is 50.2. The first-order chi connectivity index (χ1) is 18.7. The van der Waals surface area contributed by atoms with Gasteiger partial charge in [-0.15, -0.1) is 10.2 Å². The molecule has 1 aliphatic carbocycles. The van der Waals surface area contributed by atoms with Crippen LogP contribution in [0.3, 0.4) is 0 Å². The van der Waals surface area contributed by atoms with Gasteiger partial charge in [-0.2, -0.15) is 13.2 Å². The number of amides is 1. The van der Waals surface area contributed by atoms with Crippen LogP contribution in [0.2, 0.25) is 0 Å². The number of halogens is 3. The van der Waals surface area contributed by atoms with Gasteiger partial charge in [0, 0.05) is 43.2 Å². The van der Waals surface area contributed by atoms with Crippen molar-refractivity contribution in [2.45, 2.75) is 43.9 Å². The van der Waals surface area contributed by atoms with E-state index in [9.17, 15) is 18.0 Å². The number of hydrogen-bond donors (Lipinski definition) is 0. The van der Waals surface area contributed by atoms with Crippen LogP contribution in [0.25, 0.3) is 0 Å². The molecular formula is C29H30F3N5O2. The van der Waals surface area contributed by atoms with Crippen LogP contribution in [-0.4, -0.2) is 51.9 Å². The van der Waals surface area contributed by atoms with Crippen LogP contribution in [0.4, 0.5) is 18.9 Å². The molecule has 4 aliphatic rings. The van der Waals surface area contributed by atoms with Crippen LogP contribution >= 0.6 is 0 Å². The number of benzene rings is 2. The standard InChI is InChI=1S/C29H30F3N5O2/c1-35-17-33-34-26(35)11-28(15-39-16-28)21-3-2-4-22(10-21)37-14-24-23(27(37)38)7-18(8-25(24)29(30,31)32)12-36-6-5-19-9-20(19)13-36/h2-4,7-8,10,17,19-20H,5-6,9,11-16H2,1H3. The van der Waals surface area contributed by atoms with E-state index in [1.54, 1.807) is 18.5 Å². The van der Waals surface area contributed by atoms with Gasteiger partial charge in [-0.1, -0.05) is 12.1 Å². The van der Waals surface area contributed by atoms with E-state index in [0.29, 0.717) is 43.3 Å². The van der Waals surface area contributed by atoms with E-state index in [1.807, 2.05) is 29.8 Å². The smallest absolute Gasteiger partial charge is 0.379 e. The lowest BCUT2D eigenvalue weighted by Gasteiger charge is -2.42. The van der Waals surface area contributed by atoms with Crippen LogP contribution in [0, 0.1) is 11.8 Å². The van der Waals surface area contributed by atoms with Gasteiger partial charge < -0.3 is 14.2 Å². The molecule has 3 aromatic rings. The van der Waals surface area contributed by atoms with Gasteiger partial charge in [0.15, 0.2) is 0 Å². The summed E-state index contributed by atoms with van der Waals surface area (Å²) in [5.41, 5.74) is 1.30. The molecule has 0 N–H and O–H groups in total. The van der Waals surface area contributed by atoms with E-state index in [2.05, 4.69) is 15.1 Å². The second kappa shape index (κ2) is 8.89. The van der Waals surface area contributed by atoms with Crippen LogP contribution in [0.1, 0.15) is 51.3 Å². The predicted octanol–water partition coefficient (Wildman–Crippen LogP) is 4.35. The zero-order valence-electron chi connectivity index (χ0n) is 21.7. The van der Waals surface area contributed by atoms with Crippen molar-refractivity contribution >= 4 is 11.6 Å². The Morgan fingerprint density at radius 3 is 2.69 bits per heavy atom. The van der Waals surface area contributed by atoms with Crippen LogP contribution in [-0.2, 0) is 42.9 Å². The molecule has 3 fully saturated rings. The number of piperidine rings is 1. The van der Waals surface area contributed by atoms with Gasteiger partial charge in [-0.05, 0) is 72.2 Å². The normalized spacial score (nSPS) is 23.9. The Kier molecular flexibility index (Phi) is 5.65. The third-order valence-corrected chi connectivity index (χ3v) is 9.02. The number of aromatic nitrogens is 3. The zero-order valence-corrected chi connectivity index (χ0v) is 21.7. The maximum absolute atomic E-state index is 14.2. The topological polar surface area (TPSA) is 63.5 Å².